The second-order valence-electron chi connectivity index (χ2n) is 7.54. The number of aromatic nitrogens is 1. The van der Waals surface area contributed by atoms with E-state index in [-0.39, 0.29) is 30.4 Å². The Kier molecular flexibility index (Phi) is 7.94. The summed E-state index contributed by atoms with van der Waals surface area (Å²) in [6.45, 7) is 0.458. The molecule has 0 atom stereocenters. The Morgan fingerprint density at radius 1 is 1.17 bits per heavy atom. The van der Waals surface area contributed by atoms with Crippen LogP contribution in [0.3, 0.4) is 0 Å². The Morgan fingerprint density at radius 2 is 1.93 bits per heavy atom. The van der Waals surface area contributed by atoms with Gasteiger partial charge in [0.25, 0.3) is 5.91 Å². The molecule has 8 heteroatoms. The molecule has 0 saturated heterocycles. The molecule has 2 aromatic rings. The standard InChI is InChI=1S/C22H25Cl2N3O3/c1-27(13-15-3-2-10-25-12-15)22(29)16-4-6-17(7-5-16)26-21(28)14-30-18-8-9-19(23)20(24)11-18/h2-3,8-12,16-17H,4-7,13-14H2,1H3,(H,26,28)/t16-,17-. The minimum atomic E-state index is -0.190. The smallest absolute Gasteiger partial charge is 0.258 e. The Bertz CT molecular complexity index is 871. The van der Waals surface area contributed by atoms with E-state index in [0.717, 1.165) is 31.2 Å². The normalized spacial score (nSPS) is 18.5. The molecule has 1 aromatic heterocycles. The Labute approximate surface area is 186 Å². The molecule has 2 amide bonds. The first-order chi connectivity index (χ1) is 14.4. The number of pyridine rings is 1. The number of nitrogens with one attached hydrogen (secondary N) is 1. The summed E-state index contributed by atoms with van der Waals surface area (Å²) < 4.78 is 5.47. The minimum absolute atomic E-state index is 0.00715. The van der Waals surface area contributed by atoms with Crippen molar-refractivity contribution in [2.75, 3.05) is 13.7 Å². The van der Waals surface area contributed by atoms with Crippen molar-refractivity contribution in [3.63, 3.8) is 0 Å². The lowest BCUT2D eigenvalue weighted by Crippen LogP contribution is -2.42. The van der Waals surface area contributed by atoms with Crippen molar-refractivity contribution in [1.29, 1.82) is 0 Å². The van der Waals surface area contributed by atoms with Gasteiger partial charge in [-0.2, -0.15) is 0 Å². The lowest BCUT2D eigenvalue weighted by molar-refractivity contribution is -0.135. The van der Waals surface area contributed by atoms with Crippen LogP contribution in [0.25, 0.3) is 0 Å². The molecule has 0 spiro atoms. The number of carbonyl (C=O) groups excluding carboxylic acids is 2. The molecule has 3 rings (SSSR count). The molecule has 1 aromatic carbocycles. The predicted molar refractivity (Wildman–Crippen MR) is 117 cm³/mol. The zero-order valence-electron chi connectivity index (χ0n) is 16.8. The van der Waals surface area contributed by atoms with Gasteiger partial charge in [-0.3, -0.25) is 14.6 Å². The fourth-order valence-corrected chi connectivity index (χ4v) is 3.91. The van der Waals surface area contributed by atoms with Crippen molar-refractivity contribution < 1.29 is 14.3 Å². The van der Waals surface area contributed by atoms with E-state index in [0.29, 0.717) is 22.3 Å². The van der Waals surface area contributed by atoms with E-state index in [4.69, 9.17) is 27.9 Å². The van der Waals surface area contributed by atoms with Gasteiger partial charge in [0.05, 0.1) is 10.0 Å². The molecule has 0 aliphatic heterocycles. The van der Waals surface area contributed by atoms with Gasteiger partial charge in [-0.25, -0.2) is 0 Å². The number of rotatable bonds is 7. The third-order valence-electron chi connectivity index (χ3n) is 5.22. The molecule has 0 unspecified atom stereocenters. The maximum atomic E-state index is 12.7. The second-order valence-corrected chi connectivity index (χ2v) is 8.35. The molecule has 1 saturated carbocycles. The first-order valence-electron chi connectivity index (χ1n) is 9.93. The molecule has 30 heavy (non-hydrogen) atoms. The van der Waals surface area contributed by atoms with E-state index in [1.165, 1.54) is 0 Å². The fourth-order valence-electron chi connectivity index (χ4n) is 3.62. The molecule has 1 aliphatic rings. The number of halogens is 2. The Balaban J connectivity index is 1.39. The summed E-state index contributed by atoms with van der Waals surface area (Å²) in [5.41, 5.74) is 1.01. The van der Waals surface area contributed by atoms with Gasteiger partial charge in [-0.15, -0.1) is 0 Å². The van der Waals surface area contributed by atoms with Crippen molar-refractivity contribution in [2.24, 2.45) is 5.92 Å². The Hall–Kier alpha value is -2.31. The van der Waals surface area contributed by atoms with E-state index in [1.807, 2.05) is 19.2 Å². The summed E-state index contributed by atoms with van der Waals surface area (Å²) in [5, 5.41) is 3.80. The van der Waals surface area contributed by atoms with Crippen LogP contribution in [0.4, 0.5) is 0 Å². The first-order valence-corrected chi connectivity index (χ1v) is 10.7. The van der Waals surface area contributed by atoms with E-state index >= 15 is 0 Å². The zero-order chi connectivity index (χ0) is 21.5. The zero-order valence-corrected chi connectivity index (χ0v) is 18.3. The number of carbonyl (C=O) groups is 2. The molecular weight excluding hydrogens is 425 g/mol. The van der Waals surface area contributed by atoms with Gasteiger partial charge in [0, 0.05) is 44.0 Å². The third kappa shape index (κ3) is 6.34. The molecule has 160 valence electrons. The van der Waals surface area contributed by atoms with Crippen LogP contribution in [-0.4, -0.2) is 41.4 Å². The minimum Gasteiger partial charge on any atom is -0.484 e. The van der Waals surface area contributed by atoms with Gasteiger partial charge in [0.2, 0.25) is 5.91 Å². The van der Waals surface area contributed by atoms with Crippen molar-refractivity contribution in [2.45, 2.75) is 38.3 Å². The summed E-state index contributed by atoms with van der Waals surface area (Å²) in [5.74, 6) is 0.439. The summed E-state index contributed by atoms with van der Waals surface area (Å²) >= 11 is 11.8. The topological polar surface area (TPSA) is 71.5 Å². The third-order valence-corrected chi connectivity index (χ3v) is 5.96. The molecule has 1 fully saturated rings. The van der Waals surface area contributed by atoms with Crippen molar-refractivity contribution >= 4 is 35.0 Å². The summed E-state index contributed by atoms with van der Waals surface area (Å²) in [6.07, 6.45) is 6.56. The van der Waals surface area contributed by atoms with Gasteiger partial charge in [0.1, 0.15) is 5.75 Å². The van der Waals surface area contributed by atoms with Gasteiger partial charge in [-0.05, 0) is 49.4 Å². The van der Waals surface area contributed by atoms with Crippen LogP contribution in [0, 0.1) is 5.92 Å². The average Bonchev–Trinajstić information content (AvgIpc) is 2.75. The lowest BCUT2D eigenvalue weighted by Gasteiger charge is -2.31. The summed E-state index contributed by atoms with van der Waals surface area (Å²) in [6, 6.07) is 8.76. The van der Waals surface area contributed by atoms with Gasteiger partial charge in [-0.1, -0.05) is 29.3 Å². The maximum absolute atomic E-state index is 12.7. The van der Waals surface area contributed by atoms with Gasteiger partial charge >= 0.3 is 0 Å². The quantitative estimate of drug-likeness (QED) is 0.690. The lowest BCUT2D eigenvalue weighted by atomic mass is 9.85. The number of hydrogen-bond donors (Lipinski definition) is 1. The number of amides is 2. The number of nitrogens with zero attached hydrogens (tertiary/aromatic N) is 2. The highest BCUT2D eigenvalue weighted by molar-refractivity contribution is 6.42. The number of hydrogen-bond acceptors (Lipinski definition) is 4. The summed E-state index contributed by atoms with van der Waals surface area (Å²) in [7, 11) is 1.82. The van der Waals surface area contributed by atoms with E-state index in [2.05, 4.69) is 10.3 Å². The fraction of sp³-hybridized carbons (Fsp3) is 0.409. The van der Waals surface area contributed by atoms with Gasteiger partial charge < -0.3 is 15.0 Å². The van der Waals surface area contributed by atoms with Gasteiger partial charge in [0.15, 0.2) is 6.61 Å². The molecule has 0 radical (unpaired) electrons. The van der Waals surface area contributed by atoms with Crippen LogP contribution in [0.2, 0.25) is 10.0 Å². The molecule has 6 nitrogen and oxygen atoms in total. The Morgan fingerprint density at radius 3 is 2.60 bits per heavy atom. The first kappa shape index (κ1) is 22.4. The number of ether oxygens (including phenoxy) is 1. The number of benzene rings is 1. The summed E-state index contributed by atoms with van der Waals surface area (Å²) in [4.78, 5) is 30.8. The van der Waals surface area contributed by atoms with E-state index in [9.17, 15) is 9.59 Å². The SMILES string of the molecule is CN(Cc1cccnc1)C(=O)[C@H]1CC[C@H](NC(=O)COc2ccc(Cl)c(Cl)c2)CC1. The van der Waals surface area contributed by atoms with Crippen LogP contribution in [0.5, 0.6) is 5.75 Å². The highest BCUT2D eigenvalue weighted by Crippen LogP contribution is 2.27. The average molecular weight is 450 g/mol. The van der Waals surface area contributed by atoms with E-state index in [1.54, 1.807) is 35.5 Å². The highest BCUT2D eigenvalue weighted by atomic mass is 35.5. The van der Waals surface area contributed by atoms with Crippen LogP contribution < -0.4 is 10.1 Å². The van der Waals surface area contributed by atoms with Crippen molar-refractivity contribution in [3.8, 4) is 5.75 Å². The predicted octanol–water partition coefficient (Wildman–Crippen LogP) is 4.10. The van der Waals surface area contributed by atoms with Crippen molar-refractivity contribution in [1.82, 2.24) is 15.2 Å². The van der Waals surface area contributed by atoms with Crippen LogP contribution >= 0.6 is 23.2 Å². The van der Waals surface area contributed by atoms with Crippen LogP contribution in [-0.2, 0) is 16.1 Å². The largest absolute Gasteiger partial charge is 0.484 e. The molecule has 0 bridgehead atoms. The highest BCUT2D eigenvalue weighted by Gasteiger charge is 2.29. The van der Waals surface area contributed by atoms with E-state index < -0.39 is 0 Å². The molecule has 1 aliphatic carbocycles. The maximum Gasteiger partial charge on any atom is 0.258 e. The van der Waals surface area contributed by atoms with Crippen molar-refractivity contribution in [3.05, 3.63) is 58.3 Å². The monoisotopic (exact) mass is 449 g/mol. The molecule has 1 heterocycles. The second kappa shape index (κ2) is 10.6. The van der Waals surface area contributed by atoms with Crippen LogP contribution in [0.15, 0.2) is 42.7 Å². The van der Waals surface area contributed by atoms with Crippen LogP contribution in [0.1, 0.15) is 31.2 Å². The molecular formula is C22H25Cl2N3O3. The molecule has 1 N–H and O–H groups in total.